The number of carbonyl (C=O) groups excluding carboxylic acids is 1. The van der Waals surface area contributed by atoms with Gasteiger partial charge in [0, 0.05) is 51.2 Å². The van der Waals surface area contributed by atoms with Gasteiger partial charge in [-0.2, -0.15) is 0 Å². The largest absolute Gasteiger partial charge is 0.492 e. The molecule has 180 valence electrons. The van der Waals surface area contributed by atoms with Gasteiger partial charge in [-0.25, -0.2) is 0 Å². The van der Waals surface area contributed by atoms with Crippen LogP contribution in [-0.2, 0) is 0 Å². The van der Waals surface area contributed by atoms with Crippen LogP contribution in [0.5, 0.6) is 5.75 Å². The highest BCUT2D eigenvalue weighted by atomic mass is 16.5. The first kappa shape index (κ1) is 22.1. The van der Waals surface area contributed by atoms with E-state index in [0.717, 1.165) is 79.9 Å². The Hall–Kier alpha value is -3.38. The number of benzene rings is 3. The molecule has 2 saturated heterocycles. The zero-order valence-corrected chi connectivity index (χ0v) is 20.3. The third kappa shape index (κ3) is 4.39. The highest BCUT2D eigenvalue weighted by Crippen LogP contribution is 2.34. The van der Waals surface area contributed by atoms with Crippen molar-refractivity contribution in [2.75, 3.05) is 50.8 Å². The Morgan fingerprint density at radius 1 is 0.971 bits per heavy atom. The highest BCUT2D eigenvalue weighted by molar-refractivity contribution is 6.06. The Labute approximate surface area is 206 Å². The maximum Gasteiger partial charge on any atom is 0.256 e. The average Bonchev–Trinajstić information content (AvgIpc) is 3.32. The van der Waals surface area contributed by atoms with Gasteiger partial charge < -0.3 is 14.5 Å². The van der Waals surface area contributed by atoms with Crippen molar-refractivity contribution in [1.82, 2.24) is 9.80 Å². The molecule has 0 saturated carbocycles. The summed E-state index contributed by atoms with van der Waals surface area (Å²) in [5, 5.41) is 2.12. The molecule has 3 aliphatic rings. The van der Waals surface area contributed by atoms with Crippen molar-refractivity contribution in [1.29, 1.82) is 0 Å². The molecule has 6 rings (SSSR count). The second-order valence-corrected chi connectivity index (χ2v) is 9.83. The molecule has 6 heteroatoms. The van der Waals surface area contributed by atoms with Gasteiger partial charge in [-0.15, -0.1) is 0 Å². The Balaban J connectivity index is 1.12. The summed E-state index contributed by atoms with van der Waals surface area (Å²) in [6, 6.07) is 19.1. The van der Waals surface area contributed by atoms with Gasteiger partial charge in [-0.3, -0.25) is 14.7 Å². The van der Waals surface area contributed by atoms with Gasteiger partial charge in [0.2, 0.25) is 0 Å². The van der Waals surface area contributed by atoms with Gasteiger partial charge in [0.1, 0.15) is 12.4 Å². The van der Waals surface area contributed by atoms with E-state index in [0.29, 0.717) is 12.2 Å². The maximum atomic E-state index is 13.1. The van der Waals surface area contributed by atoms with Crippen molar-refractivity contribution in [3.8, 4) is 5.75 Å². The number of fused-ring (bicyclic) bond motifs is 3. The van der Waals surface area contributed by atoms with E-state index in [9.17, 15) is 4.79 Å². The smallest absolute Gasteiger partial charge is 0.256 e. The lowest BCUT2D eigenvalue weighted by molar-refractivity contribution is 0.0775. The average molecular weight is 469 g/mol. The molecule has 0 aliphatic carbocycles. The molecule has 2 fully saturated rings. The first-order valence-corrected chi connectivity index (χ1v) is 12.7. The lowest BCUT2D eigenvalue weighted by atomic mass is 10.0. The number of aryl methyl sites for hydroxylation is 1. The highest BCUT2D eigenvalue weighted by Gasteiger charge is 2.31. The van der Waals surface area contributed by atoms with Crippen LogP contribution in [0.25, 0.3) is 10.8 Å². The molecule has 0 bridgehead atoms. The molecule has 0 unspecified atom stereocenters. The van der Waals surface area contributed by atoms with Crippen molar-refractivity contribution in [2.24, 2.45) is 4.99 Å². The van der Waals surface area contributed by atoms with Crippen LogP contribution < -0.4 is 9.64 Å². The van der Waals surface area contributed by atoms with Crippen LogP contribution in [0.15, 0.2) is 59.6 Å². The van der Waals surface area contributed by atoms with Crippen LogP contribution in [0.2, 0.25) is 0 Å². The summed E-state index contributed by atoms with van der Waals surface area (Å²) in [7, 11) is 0. The van der Waals surface area contributed by atoms with Gasteiger partial charge in [0.05, 0.1) is 17.3 Å². The number of aliphatic imine (C=N–C) groups is 1. The Bertz CT molecular complexity index is 1260. The fraction of sp³-hybridized carbons (Fsp3) is 0.379. The first-order chi connectivity index (χ1) is 17.2. The van der Waals surface area contributed by atoms with E-state index in [1.807, 2.05) is 23.2 Å². The van der Waals surface area contributed by atoms with Crippen molar-refractivity contribution >= 4 is 34.3 Å². The van der Waals surface area contributed by atoms with Crippen LogP contribution >= 0.6 is 0 Å². The van der Waals surface area contributed by atoms with Gasteiger partial charge in [-0.1, -0.05) is 18.2 Å². The molecule has 0 spiro atoms. The molecular formula is C29H32N4O2. The number of hydrogen-bond acceptors (Lipinski definition) is 5. The molecule has 3 aromatic carbocycles. The second kappa shape index (κ2) is 9.34. The minimum Gasteiger partial charge on any atom is -0.492 e. The third-order valence-corrected chi connectivity index (χ3v) is 7.58. The van der Waals surface area contributed by atoms with Crippen molar-refractivity contribution in [2.45, 2.75) is 25.8 Å². The zero-order valence-electron chi connectivity index (χ0n) is 20.3. The van der Waals surface area contributed by atoms with Gasteiger partial charge in [-0.05, 0) is 72.5 Å². The van der Waals surface area contributed by atoms with E-state index in [1.54, 1.807) is 0 Å². The van der Waals surface area contributed by atoms with Crippen LogP contribution in [-0.4, -0.2) is 73.8 Å². The molecular weight excluding hydrogens is 436 g/mol. The Kier molecular flexibility index (Phi) is 5.90. The summed E-state index contributed by atoms with van der Waals surface area (Å²) in [6.45, 7) is 8.66. The van der Waals surface area contributed by atoms with Crippen LogP contribution in [0.4, 0.5) is 11.4 Å². The van der Waals surface area contributed by atoms with E-state index in [4.69, 9.17) is 9.73 Å². The number of nitrogens with zero attached hydrogens (tertiary/aromatic N) is 4. The summed E-state index contributed by atoms with van der Waals surface area (Å²) in [5.41, 5.74) is 3.87. The molecule has 35 heavy (non-hydrogen) atoms. The van der Waals surface area contributed by atoms with Crippen LogP contribution in [0.3, 0.4) is 0 Å². The van der Waals surface area contributed by atoms with Gasteiger partial charge in [0.25, 0.3) is 5.91 Å². The third-order valence-electron chi connectivity index (χ3n) is 7.58. The molecule has 0 radical (unpaired) electrons. The quantitative estimate of drug-likeness (QED) is 0.546. The van der Waals surface area contributed by atoms with Gasteiger partial charge >= 0.3 is 0 Å². The number of anilines is 1. The van der Waals surface area contributed by atoms with E-state index in [2.05, 4.69) is 59.2 Å². The fourth-order valence-electron chi connectivity index (χ4n) is 5.54. The molecule has 0 N–H and O–H groups in total. The predicted octanol–water partition coefficient (Wildman–Crippen LogP) is 4.67. The number of amides is 1. The van der Waals surface area contributed by atoms with Crippen LogP contribution in [0.1, 0.15) is 28.8 Å². The standard InChI is InChI=1S/C29H32N4O2/c1-21-16-22-17-26-27(30-20-25-8-5-9-33(25)29(26)34)18-23(22)19-28(21)35-15-14-31-10-12-32(13-11-31)24-6-3-2-4-7-24/h2-4,6-7,16-20,25H,5,8-15H2,1H3/t25-/m0/s1. The molecule has 3 aliphatic heterocycles. The number of hydrogen-bond donors (Lipinski definition) is 0. The first-order valence-electron chi connectivity index (χ1n) is 12.7. The minimum absolute atomic E-state index is 0.104. The SMILES string of the molecule is Cc1cc2cc3c(cc2cc1OCCN1CCN(c2ccccc2)CC1)N=C[C@@H]1CCCN1C3=O. The normalized spacial score (nSPS) is 20.1. The minimum atomic E-state index is 0.104. The van der Waals surface area contributed by atoms with Gasteiger partial charge in [0.15, 0.2) is 0 Å². The van der Waals surface area contributed by atoms with E-state index < -0.39 is 0 Å². The summed E-state index contributed by atoms with van der Waals surface area (Å²) in [4.78, 5) is 24.7. The van der Waals surface area contributed by atoms with E-state index in [-0.39, 0.29) is 11.9 Å². The van der Waals surface area contributed by atoms with E-state index >= 15 is 0 Å². The van der Waals surface area contributed by atoms with E-state index in [1.165, 1.54) is 5.69 Å². The topological polar surface area (TPSA) is 48.4 Å². The number of piperazine rings is 1. The monoisotopic (exact) mass is 468 g/mol. The predicted molar refractivity (Wildman–Crippen MR) is 141 cm³/mol. The summed E-state index contributed by atoms with van der Waals surface area (Å²) in [5.74, 6) is 1.01. The lowest BCUT2D eigenvalue weighted by Gasteiger charge is -2.36. The second-order valence-electron chi connectivity index (χ2n) is 9.83. The number of carbonyl (C=O) groups is 1. The van der Waals surface area contributed by atoms with Crippen LogP contribution in [0, 0.1) is 6.92 Å². The van der Waals surface area contributed by atoms with Crippen molar-refractivity contribution < 1.29 is 9.53 Å². The Morgan fingerprint density at radius 2 is 1.77 bits per heavy atom. The summed E-state index contributed by atoms with van der Waals surface area (Å²) in [6.07, 6.45) is 4.00. The molecule has 0 aromatic heterocycles. The molecule has 3 aromatic rings. The number of ether oxygens (including phenoxy) is 1. The molecule has 1 amide bonds. The fourth-order valence-corrected chi connectivity index (χ4v) is 5.54. The number of rotatable bonds is 5. The maximum absolute atomic E-state index is 13.1. The van der Waals surface area contributed by atoms with Crippen molar-refractivity contribution in [3.63, 3.8) is 0 Å². The summed E-state index contributed by atoms with van der Waals surface area (Å²) < 4.78 is 6.24. The lowest BCUT2D eigenvalue weighted by Crippen LogP contribution is -2.47. The van der Waals surface area contributed by atoms with Crippen molar-refractivity contribution in [3.05, 3.63) is 65.7 Å². The molecule has 3 heterocycles. The summed E-state index contributed by atoms with van der Waals surface area (Å²) >= 11 is 0. The molecule has 1 atom stereocenters. The molecule has 6 nitrogen and oxygen atoms in total. The Morgan fingerprint density at radius 3 is 2.60 bits per heavy atom. The zero-order chi connectivity index (χ0) is 23.8. The number of para-hydroxylation sites is 1.